The number of carbonyl (C=O) groups is 1. The fourth-order valence-corrected chi connectivity index (χ4v) is 3.85. The van der Waals surface area contributed by atoms with Crippen LogP contribution in [0.25, 0.3) is 0 Å². The minimum atomic E-state index is -0.164. The van der Waals surface area contributed by atoms with Crippen LogP contribution in [0.1, 0.15) is 36.0 Å². The lowest BCUT2D eigenvalue weighted by atomic mass is 9.79. The van der Waals surface area contributed by atoms with Gasteiger partial charge in [0.1, 0.15) is 5.75 Å². The second kappa shape index (κ2) is 6.77. The number of ether oxygens (including phenoxy) is 1. The zero-order chi connectivity index (χ0) is 18.1. The molecule has 0 radical (unpaired) electrons. The number of aromatic nitrogens is 2. The highest BCUT2D eigenvalue weighted by Gasteiger charge is 2.40. The van der Waals surface area contributed by atoms with E-state index in [1.807, 2.05) is 0 Å². The molecule has 4 heterocycles. The average Bonchev–Trinajstić information content (AvgIpc) is 3.13. The molecule has 1 N–H and O–H groups in total. The largest absolute Gasteiger partial charge is 0.421 e. The number of amides is 1. The molecule has 3 saturated heterocycles. The molecule has 3 aliphatic heterocycles. The molecule has 134 valence electrons. The van der Waals surface area contributed by atoms with Gasteiger partial charge in [0, 0.05) is 17.6 Å². The van der Waals surface area contributed by atoms with Crippen LogP contribution in [-0.2, 0) is 0 Å². The van der Waals surface area contributed by atoms with E-state index >= 15 is 0 Å². The minimum absolute atomic E-state index is 0.0771. The van der Waals surface area contributed by atoms with Gasteiger partial charge in [-0.1, -0.05) is 10.2 Å². The van der Waals surface area contributed by atoms with Gasteiger partial charge in [0.05, 0.1) is 0 Å². The van der Waals surface area contributed by atoms with Crippen LogP contribution in [0.15, 0.2) is 28.7 Å². The van der Waals surface area contributed by atoms with Crippen molar-refractivity contribution in [1.82, 2.24) is 20.4 Å². The number of hydrogen-bond acceptors (Lipinski definition) is 7. The average molecular weight is 353 g/mol. The van der Waals surface area contributed by atoms with Crippen molar-refractivity contribution in [2.24, 2.45) is 5.92 Å². The standard InChI is InChI=1S/C18H19N5O3/c1-11-16(12-6-8-23(11)9-7-12)20-17(24)13-2-4-14(5-3-13)25-18-22-21-15(10-19)26-18/h2-5,11-12,16H,6-9H2,1H3,(H,20,24). The maximum atomic E-state index is 12.6. The number of fused-ring (bicyclic) bond motifs is 3. The van der Waals surface area contributed by atoms with Crippen LogP contribution >= 0.6 is 0 Å². The van der Waals surface area contributed by atoms with Gasteiger partial charge >= 0.3 is 12.0 Å². The Labute approximate surface area is 150 Å². The summed E-state index contributed by atoms with van der Waals surface area (Å²) in [5.41, 5.74) is 0.573. The van der Waals surface area contributed by atoms with Crippen molar-refractivity contribution in [2.75, 3.05) is 13.1 Å². The van der Waals surface area contributed by atoms with Crippen LogP contribution in [0.5, 0.6) is 11.8 Å². The number of benzene rings is 1. The third-order valence-corrected chi connectivity index (χ3v) is 5.30. The maximum absolute atomic E-state index is 12.6. The van der Waals surface area contributed by atoms with Crippen molar-refractivity contribution in [3.8, 4) is 17.9 Å². The van der Waals surface area contributed by atoms with E-state index in [9.17, 15) is 4.79 Å². The number of rotatable bonds is 4. The van der Waals surface area contributed by atoms with Crippen LogP contribution in [0.3, 0.4) is 0 Å². The SMILES string of the molecule is CC1C(NC(=O)c2ccc(Oc3nnc(C#N)o3)cc2)C2CCN1CC2. The first kappa shape index (κ1) is 16.5. The Morgan fingerprint density at radius 3 is 2.65 bits per heavy atom. The Bertz CT molecular complexity index is 831. The molecule has 2 bridgehead atoms. The highest BCUT2D eigenvalue weighted by Crippen LogP contribution is 2.32. The first-order chi connectivity index (χ1) is 12.6. The van der Waals surface area contributed by atoms with Gasteiger partial charge in [-0.25, -0.2) is 0 Å². The molecule has 3 fully saturated rings. The van der Waals surface area contributed by atoms with Crippen molar-refractivity contribution in [3.63, 3.8) is 0 Å². The van der Waals surface area contributed by atoms with E-state index in [4.69, 9.17) is 14.4 Å². The molecular weight excluding hydrogens is 334 g/mol. The molecule has 8 heteroatoms. The van der Waals surface area contributed by atoms with Crippen LogP contribution < -0.4 is 10.1 Å². The zero-order valence-corrected chi connectivity index (χ0v) is 14.4. The molecule has 26 heavy (non-hydrogen) atoms. The number of nitrogens with one attached hydrogen (secondary N) is 1. The van der Waals surface area contributed by atoms with E-state index in [1.165, 1.54) is 0 Å². The van der Waals surface area contributed by atoms with Gasteiger partial charge in [0.15, 0.2) is 6.07 Å². The predicted octanol–water partition coefficient (Wildman–Crippen LogP) is 1.95. The highest BCUT2D eigenvalue weighted by molar-refractivity contribution is 5.94. The van der Waals surface area contributed by atoms with Crippen molar-refractivity contribution in [1.29, 1.82) is 5.26 Å². The van der Waals surface area contributed by atoms with Gasteiger partial charge in [-0.3, -0.25) is 9.69 Å². The number of nitriles is 1. The van der Waals surface area contributed by atoms with Gasteiger partial charge in [-0.2, -0.15) is 5.26 Å². The van der Waals surface area contributed by atoms with Gasteiger partial charge in [-0.05, 0) is 63.0 Å². The first-order valence-electron chi connectivity index (χ1n) is 8.70. The third-order valence-electron chi connectivity index (χ3n) is 5.30. The molecule has 5 rings (SSSR count). The summed E-state index contributed by atoms with van der Waals surface area (Å²) in [5, 5.41) is 19.0. The summed E-state index contributed by atoms with van der Waals surface area (Å²) in [5.74, 6) is 0.772. The van der Waals surface area contributed by atoms with Crippen molar-refractivity contribution >= 4 is 5.91 Å². The Morgan fingerprint density at radius 1 is 1.31 bits per heavy atom. The van der Waals surface area contributed by atoms with Crippen LogP contribution in [0.4, 0.5) is 0 Å². The van der Waals surface area contributed by atoms with Crippen LogP contribution in [0.2, 0.25) is 0 Å². The lowest BCUT2D eigenvalue weighted by Crippen LogP contribution is -2.62. The minimum Gasteiger partial charge on any atom is -0.410 e. The molecule has 0 saturated carbocycles. The molecule has 1 amide bonds. The molecule has 8 nitrogen and oxygen atoms in total. The Kier molecular flexibility index (Phi) is 4.31. The molecule has 0 aliphatic carbocycles. The van der Waals surface area contributed by atoms with E-state index < -0.39 is 0 Å². The lowest BCUT2D eigenvalue weighted by molar-refractivity contribution is 0.0217. The monoisotopic (exact) mass is 353 g/mol. The van der Waals surface area contributed by atoms with Crippen molar-refractivity contribution in [2.45, 2.75) is 31.8 Å². The summed E-state index contributed by atoms with van der Waals surface area (Å²) >= 11 is 0. The van der Waals surface area contributed by atoms with Gasteiger partial charge in [0.2, 0.25) is 0 Å². The normalized spacial score (nSPS) is 26.9. The smallest absolute Gasteiger partial charge is 0.410 e. The van der Waals surface area contributed by atoms with Gasteiger partial charge in [0.25, 0.3) is 5.91 Å². The Hall–Kier alpha value is -2.92. The second-order valence-electron chi connectivity index (χ2n) is 6.72. The van der Waals surface area contributed by atoms with Crippen LogP contribution in [-0.4, -0.2) is 46.2 Å². The molecule has 0 spiro atoms. The van der Waals surface area contributed by atoms with Crippen molar-refractivity contribution < 1.29 is 13.9 Å². The summed E-state index contributed by atoms with van der Waals surface area (Å²) in [6.45, 7) is 4.45. The summed E-state index contributed by atoms with van der Waals surface area (Å²) in [6.07, 6.45) is 2.19. The van der Waals surface area contributed by atoms with Gasteiger partial charge in [-0.15, -0.1) is 0 Å². The number of piperidine rings is 3. The molecule has 2 aromatic rings. The predicted molar refractivity (Wildman–Crippen MR) is 90.5 cm³/mol. The number of carbonyl (C=O) groups excluding carboxylic acids is 1. The molecule has 1 aromatic heterocycles. The second-order valence-corrected chi connectivity index (χ2v) is 6.72. The van der Waals surface area contributed by atoms with Crippen LogP contribution in [0, 0.1) is 17.2 Å². The van der Waals surface area contributed by atoms with Gasteiger partial charge < -0.3 is 14.5 Å². The third kappa shape index (κ3) is 3.13. The summed E-state index contributed by atoms with van der Waals surface area (Å²) in [4.78, 5) is 15.0. The molecule has 2 unspecified atom stereocenters. The molecule has 1 aromatic carbocycles. The van der Waals surface area contributed by atoms with E-state index in [0.29, 0.717) is 23.3 Å². The summed E-state index contributed by atoms with van der Waals surface area (Å²) in [7, 11) is 0. The molecule has 3 aliphatic rings. The lowest BCUT2D eigenvalue weighted by Gasteiger charge is -2.49. The van der Waals surface area contributed by atoms with E-state index in [-0.39, 0.29) is 23.9 Å². The summed E-state index contributed by atoms with van der Waals surface area (Å²) < 4.78 is 10.3. The zero-order valence-electron chi connectivity index (χ0n) is 14.4. The summed E-state index contributed by atoms with van der Waals surface area (Å²) in [6, 6.07) is 9.01. The molecule has 2 atom stereocenters. The topological polar surface area (TPSA) is 104 Å². The van der Waals surface area contributed by atoms with E-state index in [2.05, 4.69) is 27.3 Å². The Morgan fingerprint density at radius 2 is 2.04 bits per heavy atom. The Balaban J connectivity index is 1.40. The number of hydrogen-bond donors (Lipinski definition) is 1. The van der Waals surface area contributed by atoms with E-state index in [0.717, 1.165) is 25.9 Å². The van der Waals surface area contributed by atoms with Crippen molar-refractivity contribution in [3.05, 3.63) is 35.7 Å². The first-order valence-corrected chi connectivity index (χ1v) is 8.70. The quantitative estimate of drug-likeness (QED) is 0.895. The highest BCUT2D eigenvalue weighted by atomic mass is 16.6. The van der Waals surface area contributed by atoms with E-state index in [1.54, 1.807) is 30.3 Å². The maximum Gasteiger partial charge on any atom is 0.421 e. The number of nitrogens with zero attached hydrogens (tertiary/aromatic N) is 4. The fraction of sp³-hybridized carbons (Fsp3) is 0.444. The molecular formula is C18H19N5O3. The fourth-order valence-electron chi connectivity index (χ4n) is 3.85.